The fraction of sp³-hybridized carbons (Fsp3) is 0.696. The van der Waals surface area contributed by atoms with Crippen LogP contribution in [0.4, 0.5) is 8.78 Å². The van der Waals surface area contributed by atoms with Crippen LogP contribution in [-0.4, -0.2) is 51.9 Å². The smallest absolute Gasteiger partial charge is 0.250 e. The lowest BCUT2D eigenvalue weighted by atomic mass is 9.80. The fourth-order valence-corrected chi connectivity index (χ4v) is 7.11. The lowest BCUT2D eigenvalue weighted by molar-refractivity contribution is -0.119. The molecule has 2 aliphatic carbocycles. The molecule has 0 bridgehead atoms. The molecule has 2 N–H and O–H groups in total. The number of aromatic nitrogens is 2. The molecule has 1 unspecified atom stereocenters. The second kappa shape index (κ2) is 8.17. The zero-order chi connectivity index (χ0) is 22.5. The number of nitrogens with zero attached hydrogens (tertiary/aromatic N) is 3. The van der Waals surface area contributed by atoms with Crippen molar-refractivity contribution < 1.29 is 18.3 Å². The molecule has 1 atom stereocenters. The van der Waals surface area contributed by atoms with Crippen LogP contribution in [0.25, 0.3) is 10.2 Å². The van der Waals surface area contributed by atoms with Crippen molar-refractivity contribution in [3.05, 3.63) is 16.8 Å². The number of hydrogen-bond acceptors (Lipinski definition) is 6. The first-order chi connectivity index (χ1) is 15.2. The van der Waals surface area contributed by atoms with Crippen molar-refractivity contribution in [3.63, 3.8) is 0 Å². The van der Waals surface area contributed by atoms with Crippen LogP contribution in [0.15, 0.2) is 6.33 Å². The average Bonchev–Trinajstić information content (AvgIpc) is 3.26. The van der Waals surface area contributed by atoms with Gasteiger partial charge in [-0.2, -0.15) is 0 Å². The van der Waals surface area contributed by atoms with Gasteiger partial charge in [0, 0.05) is 48.7 Å². The Morgan fingerprint density at radius 3 is 2.62 bits per heavy atom. The summed E-state index contributed by atoms with van der Waals surface area (Å²) in [7, 11) is 0. The van der Waals surface area contributed by atoms with Gasteiger partial charge in [0.2, 0.25) is 11.8 Å². The van der Waals surface area contributed by atoms with E-state index >= 15 is 0 Å². The molecule has 0 spiro atoms. The summed E-state index contributed by atoms with van der Waals surface area (Å²) in [6, 6.07) is 0.362. The normalized spacial score (nSPS) is 30.3. The summed E-state index contributed by atoms with van der Waals surface area (Å²) in [5, 5.41) is 0.939. The van der Waals surface area contributed by atoms with E-state index in [4.69, 9.17) is 10.5 Å². The Hall–Kier alpha value is -1.87. The molecule has 0 radical (unpaired) electrons. The third-order valence-electron chi connectivity index (χ3n) is 7.57. The van der Waals surface area contributed by atoms with E-state index in [1.807, 2.05) is 0 Å². The summed E-state index contributed by atoms with van der Waals surface area (Å²) < 4.78 is 33.4. The Labute approximate surface area is 190 Å². The largest absolute Gasteiger partial charge is 0.474 e. The molecular weight excluding hydrogens is 434 g/mol. The number of carbonyl (C=O) groups excluding carboxylic acids is 1. The van der Waals surface area contributed by atoms with Crippen molar-refractivity contribution >= 4 is 27.5 Å². The Bertz CT molecular complexity index is 1010. The standard InChI is InChI=1S/C23H30F2N4O2S/c1-22(12-17(26)30)7-6-16-19(22)18-20(27-13-28-21(18)32-16)31-15-4-2-14(3-5-15)29-10-8-23(24,25)9-11-29/h13-15H,2-12H2,1H3,(H2,26,30). The van der Waals surface area contributed by atoms with Crippen LogP contribution in [0, 0.1) is 0 Å². The van der Waals surface area contributed by atoms with E-state index in [1.54, 1.807) is 17.7 Å². The number of ether oxygens (including phenoxy) is 1. The Balaban J connectivity index is 1.30. The van der Waals surface area contributed by atoms with Crippen molar-refractivity contribution in [2.24, 2.45) is 5.73 Å². The number of thiophene rings is 1. The number of piperidine rings is 1. The highest BCUT2D eigenvalue weighted by Crippen LogP contribution is 2.50. The molecule has 3 heterocycles. The van der Waals surface area contributed by atoms with Gasteiger partial charge in [0.15, 0.2) is 0 Å². The zero-order valence-corrected chi connectivity index (χ0v) is 19.2. The summed E-state index contributed by atoms with van der Waals surface area (Å²) in [5.74, 6) is -2.20. The molecule has 1 saturated heterocycles. The Morgan fingerprint density at radius 1 is 1.22 bits per heavy atom. The van der Waals surface area contributed by atoms with E-state index in [0.717, 1.165) is 54.3 Å². The quantitative estimate of drug-likeness (QED) is 0.718. The van der Waals surface area contributed by atoms with Crippen LogP contribution in [0.5, 0.6) is 5.88 Å². The molecule has 3 aliphatic rings. The summed E-state index contributed by atoms with van der Waals surface area (Å²) >= 11 is 1.66. The third kappa shape index (κ3) is 4.09. The first-order valence-electron chi connectivity index (χ1n) is 11.6. The minimum atomic E-state index is -2.50. The SMILES string of the molecule is CC1(CC(N)=O)CCc2sc3ncnc(OC4CCC(N5CCC(F)(F)CC5)CC4)c3c21. The number of likely N-dealkylation sites (tertiary alicyclic amines) is 1. The van der Waals surface area contributed by atoms with Crippen LogP contribution >= 0.6 is 11.3 Å². The molecule has 5 rings (SSSR count). The average molecular weight is 465 g/mol. The van der Waals surface area contributed by atoms with Gasteiger partial charge >= 0.3 is 0 Å². The monoisotopic (exact) mass is 464 g/mol. The molecule has 32 heavy (non-hydrogen) atoms. The topological polar surface area (TPSA) is 81.3 Å². The van der Waals surface area contributed by atoms with Crippen molar-refractivity contribution in [2.45, 2.75) is 88.2 Å². The molecule has 9 heteroatoms. The maximum Gasteiger partial charge on any atom is 0.250 e. The van der Waals surface area contributed by atoms with Crippen molar-refractivity contribution in [1.82, 2.24) is 14.9 Å². The van der Waals surface area contributed by atoms with E-state index in [2.05, 4.69) is 21.8 Å². The first-order valence-corrected chi connectivity index (χ1v) is 12.4. The molecule has 1 amide bonds. The molecule has 6 nitrogen and oxygen atoms in total. The fourth-order valence-electron chi connectivity index (χ4n) is 5.83. The van der Waals surface area contributed by atoms with Gasteiger partial charge in [0.05, 0.1) is 5.39 Å². The predicted octanol–water partition coefficient (Wildman–Crippen LogP) is 4.19. The van der Waals surface area contributed by atoms with Gasteiger partial charge in [-0.25, -0.2) is 18.7 Å². The molecule has 174 valence electrons. The number of hydrogen-bond donors (Lipinski definition) is 1. The van der Waals surface area contributed by atoms with E-state index < -0.39 is 5.92 Å². The Morgan fingerprint density at radius 2 is 1.94 bits per heavy atom. The summed E-state index contributed by atoms with van der Waals surface area (Å²) in [6.45, 7) is 3.06. The number of primary amides is 1. The van der Waals surface area contributed by atoms with Gasteiger partial charge in [-0.05, 0) is 44.1 Å². The van der Waals surface area contributed by atoms with Crippen LogP contribution in [0.3, 0.4) is 0 Å². The van der Waals surface area contributed by atoms with Crippen LogP contribution in [0.2, 0.25) is 0 Å². The van der Waals surface area contributed by atoms with E-state index in [0.29, 0.717) is 31.4 Å². The minimum Gasteiger partial charge on any atom is -0.474 e. The van der Waals surface area contributed by atoms with Crippen molar-refractivity contribution in [1.29, 1.82) is 0 Å². The molecule has 2 aromatic heterocycles. The number of alkyl halides is 2. The summed E-state index contributed by atoms with van der Waals surface area (Å²) in [5.41, 5.74) is 6.39. The number of rotatable bonds is 5. The summed E-state index contributed by atoms with van der Waals surface area (Å²) in [4.78, 5) is 25.1. The number of nitrogens with two attached hydrogens (primary N) is 1. The van der Waals surface area contributed by atoms with Gasteiger partial charge in [-0.1, -0.05) is 6.92 Å². The number of aryl methyl sites for hydroxylation is 1. The lowest BCUT2D eigenvalue weighted by Gasteiger charge is -2.40. The van der Waals surface area contributed by atoms with Gasteiger partial charge < -0.3 is 10.5 Å². The maximum absolute atomic E-state index is 13.5. The lowest BCUT2D eigenvalue weighted by Crippen LogP contribution is -2.47. The number of amides is 1. The number of fused-ring (bicyclic) bond motifs is 3. The zero-order valence-electron chi connectivity index (χ0n) is 18.4. The molecule has 2 fully saturated rings. The molecule has 1 aliphatic heterocycles. The van der Waals surface area contributed by atoms with E-state index in [9.17, 15) is 13.6 Å². The highest BCUT2D eigenvalue weighted by Gasteiger charge is 2.41. The van der Waals surface area contributed by atoms with E-state index in [-0.39, 0.29) is 30.3 Å². The second-order valence-electron chi connectivity index (χ2n) is 9.90. The number of carbonyl (C=O) groups is 1. The van der Waals surface area contributed by atoms with E-state index in [1.165, 1.54) is 4.88 Å². The minimum absolute atomic E-state index is 0.0321. The van der Waals surface area contributed by atoms with Crippen molar-refractivity contribution in [3.8, 4) is 5.88 Å². The third-order valence-corrected chi connectivity index (χ3v) is 8.72. The highest BCUT2D eigenvalue weighted by molar-refractivity contribution is 7.19. The van der Waals surface area contributed by atoms with Gasteiger partial charge in [0.25, 0.3) is 5.92 Å². The van der Waals surface area contributed by atoms with Gasteiger partial charge in [-0.3, -0.25) is 9.69 Å². The van der Waals surface area contributed by atoms with Crippen molar-refractivity contribution in [2.75, 3.05) is 13.1 Å². The maximum atomic E-state index is 13.5. The highest BCUT2D eigenvalue weighted by atomic mass is 32.1. The predicted molar refractivity (Wildman–Crippen MR) is 119 cm³/mol. The van der Waals surface area contributed by atoms with Crippen LogP contribution in [0.1, 0.15) is 68.7 Å². The van der Waals surface area contributed by atoms with Gasteiger partial charge in [-0.15, -0.1) is 11.3 Å². The van der Waals surface area contributed by atoms with Crippen LogP contribution < -0.4 is 10.5 Å². The Kier molecular flexibility index (Phi) is 5.60. The summed E-state index contributed by atoms with van der Waals surface area (Å²) in [6.07, 6.45) is 7.31. The first kappa shape index (κ1) is 21.9. The van der Waals surface area contributed by atoms with Gasteiger partial charge in [0.1, 0.15) is 17.3 Å². The molecular formula is C23H30F2N4O2S. The molecule has 2 aromatic rings. The second-order valence-corrected chi connectivity index (χ2v) is 11.0. The molecule has 1 saturated carbocycles. The number of halogens is 2. The molecule has 0 aromatic carbocycles. The van der Waals surface area contributed by atoms with Crippen LogP contribution in [-0.2, 0) is 16.6 Å².